The SMILES string of the molecule is Cc1cc(F)c(N)cc1S(=O)(=O)NC1CC(O)C1(C)C. The quantitative estimate of drug-likeness (QED) is 0.730. The minimum absolute atomic E-state index is 0.0337. The van der Waals surface area contributed by atoms with Crippen LogP contribution in [-0.4, -0.2) is 25.7 Å². The molecule has 1 aromatic rings. The number of halogens is 1. The molecule has 2 atom stereocenters. The van der Waals surface area contributed by atoms with E-state index in [1.807, 2.05) is 0 Å². The topological polar surface area (TPSA) is 92.4 Å². The Hall–Kier alpha value is -1.18. The Bertz CT molecular complexity index is 643. The number of nitrogens with one attached hydrogen (secondary N) is 1. The first kappa shape index (κ1) is 15.2. The summed E-state index contributed by atoms with van der Waals surface area (Å²) >= 11 is 0. The maximum Gasteiger partial charge on any atom is 0.241 e. The Labute approximate surface area is 118 Å². The maximum absolute atomic E-state index is 13.3. The van der Waals surface area contributed by atoms with Crippen LogP contribution in [0.1, 0.15) is 25.8 Å². The van der Waals surface area contributed by atoms with Gasteiger partial charge in [0.2, 0.25) is 10.0 Å². The van der Waals surface area contributed by atoms with Gasteiger partial charge in [-0.3, -0.25) is 0 Å². The number of benzene rings is 1. The van der Waals surface area contributed by atoms with Gasteiger partial charge in [0.15, 0.2) is 0 Å². The van der Waals surface area contributed by atoms with Gasteiger partial charge in [0.1, 0.15) is 5.82 Å². The lowest BCUT2D eigenvalue weighted by Crippen LogP contribution is -2.61. The van der Waals surface area contributed by atoms with Crippen LogP contribution in [0.4, 0.5) is 10.1 Å². The minimum atomic E-state index is -3.79. The first-order valence-corrected chi connectivity index (χ1v) is 7.80. The van der Waals surface area contributed by atoms with Crippen molar-refractivity contribution in [1.29, 1.82) is 0 Å². The summed E-state index contributed by atoms with van der Waals surface area (Å²) in [4.78, 5) is -0.0337. The molecule has 0 bridgehead atoms. The van der Waals surface area contributed by atoms with Gasteiger partial charge in [-0.15, -0.1) is 0 Å². The van der Waals surface area contributed by atoms with Gasteiger partial charge >= 0.3 is 0 Å². The number of hydrogen-bond acceptors (Lipinski definition) is 4. The van der Waals surface area contributed by atoms with Crippen molar-refractivity contribution in [3.63, 3.8) is 0 Å². The van der Waals surface area contributed by atoms with Crippen LogP contribution in [-0.2, 0) is 10.0 Å². The van der Waals surface area contributed by atoms with Gasteiger partial charge in [-0.1, -0.05) is 13.8 Å². The number of nitrogen functional groups attached to an aromatic ring is 1. The summed E-state index contributed by atoms with van der Waals surface area (Å²) < 4.78 is 40.5. The molecule has 7 heteroatoms. The molecule has 1 fully saturated rings. The summed E-state index contributed by atoms with van der Waals surface area (Å²) in [6, 6.07) is 1.87. The predicted molar refractivity (Wildman–Crippen MR) is 74.1 cm³/mol. The Morgan fingerprint density at radius 3 is 2.55 bits per heavy atom. The van der Waals surface area contributed by atoms with Gasteiger partial charge in [0.05, 0.1) is 16.7 Å². The van der Waals surface area contributed by atoms with Crippen molar-refractivity contribution < 1.29 is 17.9 Å². The van der Waals surface area contributed by atoms with E-state index in [4.69, 9.17) is 5.73 Å². The predicted octanol–water partition coefficient (Wildman–Crippen LogP) is 1.15. The van der Waals surface area contributed by atoms with Crippen molar-refractivity contribution in [2.75, 3.05) is 5.73 Å². The average molecular weight is 302 g/mol. The lowest BCUT2D eigenvalue weighted by atomic mass is 9.65. The van der Waals surface area contributed by atoms with Gasteiger partial charge in [-0.2, -0.15) is 0 Å². The van der Waals surface area contributed by atoms with Crippen LogP contribution in [0, 0.1) is 18.2 Å². The molecule has 0 radical (unpaired) electrons. The summed E-state index contributed by atoms with van der Waals surface area (Å²) in [5.74, 6) is -0.638. The van der Waals surface area contributed by atoms with Crippen molar-refractivity contribution in [1.82, 2.24) is 4.72 Å². The first-order chi connectivity index (χ1) is 9.05. The molecule has 2 unspecified atom stereocenters. The number of aliphatic hydroxyl groups is 1. The highest BCUT2D eigenvalue weighted by molar-refractivity contribution is 7.89. The van der Waals surface area contributed by atoms with Crippen LogP contribution >= 0.6 is 0 Å². The molecule has 20 heavy (non-hydrogen) atoms. The smallest absolute Gasteiger partial charge is 0.241 e. The number of hydrogen-bond donors (Lipinski definition) is 3. The second-order valence-electron chi connectivity index (χ2n) is 5.89. The third-order valence-electron chi connectivity index (χ3n) is 4.10. The molecule has 0 aliphatic heterocycles. The highest BCUT2D eigenvalue weighted by Gasteiger charge is 2.49. The van der Waals surface area contributed by atoms with E-state index in [-0.39, 0.29) is 16.6 Å². The molecule has 5 nitrogen and oxygen atoms in total. The van der Waals surface area contributed by atoms with Crippen LogP contribution in [0.3, 0.4) is 0 Å². The average Bonchev–Trinajstić information content (AvgIpc) is 2.33. The zero-order valence-electron chi connectivity index (χ0n) is 11.6. The van der Waals surface area contributed by atoms with Crippen molar-refractivity contribution in [2.45, 2.75) is 44.2 Å². The van der Waals surface area contributed by atoms with Crippen molar-refractivity contribution in [3.05, 3.63) is 23.5 Å². The molecule has 2 rings (SSSR count). The number of anilines is 1. The zero-order valence-corrected chi connectivity index (χ0v) is 12.5. The van der Waals surface area contributed by atoms with E-state index in [1.165, 1.54) is 6.92 Å². The van der Waals surface area contributed by atoms with Gasteiger partial charge in [-0.05, 0) is 31.0 Å². The summed E-state index contributed by atoms with van der Waals surface area (Å²) in [5.41, 5.74) is 5.00. The zero-order chi connectivity index (χ0) is 15.3. The summed E-state index contributed by atoms with van der Waals surface area (Å²) in [5, 5.41) is 9.64. The normalized spacial score (nSPS) is 25.2. The number of aliphatic hydroxyl groups excluding tert-OH is 1. The van der Waals surface area contributed by atoms with E-state index >= 15 is 0 Å². The second-order valence-corrected chi connectivity index (χ2v) is 7.57. The number of aryl methyl sites for hydroxylation is 1. The number of rotatable bonds is 3. The molecule has 1 saturated carbocycles. The minimum Gasteiger partial charge on any atom is -0.396 e. The maximum atomic E-state index is 13.3. The van der Waals surface area contributed by atoms with Crippen LogP contribution in [0.15, 0.2) is 17.0 Å². The van der Waals surface area contributed by atoms with Crippen LogP contribution < -0.4 is 10.5 Å². The van der Waals surface area contributed by atoms with E-state index in [1.54, 1.807) is 13.8 Å². The third kappa shape index (κ3) is 2.41. The molecular weight excluding hydrogens is 283 g/mol. The second kappa shape index (κ2) is 4.68. The number of nitrogens with two attached hydrogens (primary N) is 1. The van der Waals surface area contributed by atoms with E-state index < -0.39 is 27.4 Å². The molecule has 0 aromatic heterocycles. The van der Waals surface area contributed by atoms with E-state index in [9.17, 15) is 17.9 Å². The summed E-state index contributed by atoms with van der Waals surface area (Å²) in [6.45, 7) is 5.10. The van der Waals surface area contributed by atoms with Gasteiger partial charge < -0.3 is 10.8 Å². The van der Waals surface area contributed by atoms with Crippen LogP contribution in [0.2, 0.25) is 0 Å². The largest absolute Gasteiger partial charge is 0.396 e. The Balaban J connectivity index is 2.31. The van der Waals surface area contributed by atoms with Crippen LogP contribution in [0.25, 0.3) is 0 Å². The first-order valence-electron chi connectivity index (χ1n) is 6.31. The molecular formula is C13H19FN2O3S. The molecule has 0 spiro atoms. The third-order valence-corrected chi connectivity index (χ3v) is 5.71. The van der Waals surface area contributed by atoms with Crippen molar-refractivity contribution in [2.24, 2.45) is 5.41 Å². The monoisotopic (exact) mass is 302 g/mol. The fraction of sp³-hybridized carbons (Fsp3) is 0.538. The summed E-state index contributed by atoms with van der Waals surface area (Å²) in [6.07, 6.45) is -0.170. The van der Waals surface area contributed by atoms with E-state index in [2.05, 4.69) is 4.72 Å². The number of sulfonamides is 1. The fourth-order valence-electron chi connectivity index (χ4n) is 2.31. The Kier molecular flexibility index (Phi) is 3.56. The molecule has 4 N–H and O–H groups in total. The molecule has 1 aliphatic carbocycles. The van der Waals surface area contributed by atoms with Gasteiger partial charge in [0.25, 0.3) is 0 Å². The molecule has 0 amide bonds. The molecule has 1 aromatic carbocycles. The molecule has 0 heterocycles. The Morgan fingerprint density at radius 1 is 1.45 bits per heavy atom. The van der Waals surface area contributed by atoms with Gasteiger partial charge in [0, 0.05) is 11.5 Å². The highest BCUT2D eigenvalue weighted by Crippen LogP contribution is 2.41. The van der Waals surface area contributed by atoms with E-state index in [0.29, 0.717) is 12.0 Å². The molecule has 0 saturated heterocycles. The van der Waals surface area contributed by atoms with E-state index in [0.717, 1.165) is 12.1 Å². The summed E-state index contributed by atoms with van der Waals surface area (Å²) in [7, 11) is -3.79. The highest BCUT2D eigenvalue weighted by atomic mass is 32.2. The van der Waals surface area contributed by atoms with Crippen molar-refractivity contribution >= 4 is 15.7 Å². The van der Waals surface area contributed by atoms with Crippen LogP contribution in [0.5, 0.6) is 0 Å². The molecule has 1 aliphatic rings. The lowest BCUT2D eigenvalue weighted by Gasteiger charge is -2.49. The van der Waals surface area contributed by atoms with Gasteiger partial charge in [-0.25, -0.2) is 17.5 Å². The fourth-order valence-corrected chi connectivity index (χ4v) is 3.98. The molecule has 112 valence electrons. The lowest BCUT2D eigenvalue weighted by molar-refractivity contribution is -0.0645. The Morgan fingerprint density at radius 2 is 2.05 bits per heavy atom. The van der Waals surface area contributed by atoms with Crippen molar-refractivity contribution in [3.8, 4) is 0 Å². The standard InChI is InChI=1S/C13H19FN2O3S/c1-7-4-8(14)9(15)5-10(7)20(18,19)16-11-6-12(17)13(11,2)3/h4-5,11-12,16-17H,6,15H2,1-3H3.